The number of carbonyl (C=O) groups is 7. The third kappa shape index (κ3) is 13.4. The SMILES string of the molecule is Cc1cc(N)c2c(c1N)C(=O)C(Cl)=C(N)C2=S.Cc1cc(N)c2c(c1N)C(=O)C(N)=C(Cl)C2=S.Cc1cc(N)c2c(c1N)C(=S)C(N)=C(Cl)C2=O.Cc1cc(N)c2c(c1N)C(=S)C(N)=C(N)C2=O.Cc1cc(N)c2c(c1N)C(S)=C(N)C(=O)C2=O.Cc1cc(N)c2c(c1N)C(S)=C(N)C(=O)C2=S. The molecule has 26 nitrogen and oxygen atoms in total. The van der Waals surface area contributed by atoms with Crippen molar-refractivity contribution in [3.63, 3.8) is 0 Å². The van der Waals surface area contributed by atoms with Crippen molar-refractivity contribution >= 4 is 264 Å². The molecule has 0 fully saturated rings. The Bertz CT molecular complexity index is 4770. The molecule has 0 unspecified atom stereocenters. The van der Waals surface area contributed by atoms with Gasteiger partial charge in [-0.1, -0.05) is 95.9 Å². The minimum Gasteiger partial charge on any atom is -0.398 e. The highest BCUT2D eigenvalue weighted by atomic mass is 35.5. The van der Waals surface area contributed by atoms with E-state index in [4.69, 9.17) is 205 Å². The van der Waals surface area contributed by atoms with Crippen molar-refractivity contribution in [3.8, 4) is 0 Å². The molecule has 102 heavy (non-hydrogen) atoms. The van der Waals surface area contributed by atoms with Gasteiger partial charge < -0.3 is 109 Å². The van der Waals surface area contributed by atoms with Crippen LogP contribution in [0.3, 0.4) is 0 Å². The van der Waals surface area contributed by atoms with Gasteiger partial charge in [0.15, 0.2) is 0 Å². The van der Waals surface area contributed by atoms with Crippen molar-refractivity contribution in [2.24, 2.45) is 40.1 Å². The second-order valence-electron chi connectivity index (χ2n) is 23.2. The lowest BCUT2D eigenvalue weighted by atomic mass is 9.87. The summed E-state index contributed by atoms with van der Waals surface area (Å²) in [5.41, 5.74) is 123. The fourth-order valence-corrected chi connectivity index (χ4v) is 13.9. The molecule has 6 aliphatic rings. The van der Waals surface area contributed by atoms with Gasteiger partial charge in [-0.25, -0.2) is 0 Å². The number of hydrogen-bond acceptors (Lipinski definition) is 33. The van der Waals surface area contributed by atoms with Crippen LogP contribution in [-0.2, 0) is 9.59 Å². The quantitative estimate of drug-likeness (QED) is 0.0351. The molecule has 0 aliphatic heterocycles. The van der Waals surface area contributed by atoms with Crippen molar-refractivity contribution in [1.29, 1.82) is 0 Å². The molecule has 38 N–H and O–H groups in total. The molecular formula is C66H64Cl3N19O7S7. The van der Waals surface area contributed by atoms with E-state index >= 15 is 0 Å². The van der Waals surface area contributed by atoms with Gasteiger partial charge >= 0.3 is 0 Å². The molecule has 0 aromatic heterocycles. The van der Waals surface area contributed by atoms with Crippen LogP contribution in [0.25, 0.3) is 9.81 Å². The van der Waals surface area contributed by atoms with E-state index in [1.165, 1.54) is 0 Å². The molecule has 6 aromatic rings. The van der Waals surface area contributed by atoms with Crippen LogP contribution in [0.4, 0.5) is 68.2 Å². The van der Waals surface area contributed by atoms with E-state index in [0.29, 0.717) is 123 Å². The average molecular weight is 1570 g/mol. The summed E-state index contributed by atoms with van der Waals surface area (Å²) in [6.07, 6.45) is 0. The second-order valence-corrected chi connectivity index (χ2v) is 27.2. The van der Waals surface area contributed by atoms with Gasteiger partial charge in [-0.2, -0.15) is 0 Å². The molecule has 0 saturated heterocycles. The minimum absolute atomic E-state index is 0.0162. The van der Waals surface area contributed by atoms with Gasteiger partial charge in [0, 0.05) is 117 Å². The van der Waals surface area contributed by atoms with Crippen molar-refractivity contribution in [2.45, 2.75) is 41.5 Å². The van der Waals surface area contributed by atoms with Crippen molar-refractivity contribution < 1.29 is 33.6 Å². The molecule has 0 saturated carbocycles. The highest BCUT2D eigenvalue weighted by molar-refractivity contribution is 7.91. The number of benzene rings is 6. The first-order chi connectivity index (χ1) is 47.1. The molecule has 0 heterocycles. The van der Waals surface area contributed by atoms with Gasteiger partial charge in [0.2, 0.25) is 40.5 Å². The normalized spacial score (nSPS) is 15.2. The fraction of sp³-hybridized carbons (Fsp3) is 0.0909. The standard InChI is InChI=1S/3C11H10ClN3OS.C11H12N4OS.C11H11N3O2S.C11H11N3OS2/c1-3-2-4(13)5-6(8(3)14)10(16)9(15)7(12)11(5)17;1-3-2-4(13)5-6(8(3)14)10(16)7(12)9(15)11(5)17;1-3-2-4(13)5-6(8(3)14)11(17)9(15)7(12)10(5)16;1-3-2-4(12)5-6(7(3)13)11(17)9(15)8(14)10(5)16;1-3-2-4(12)5-6(7(3)13)11(17)8(14)10(16)9(5)15;1-3-2-4(12)5-6(7(3)13)10(16)8(14)9(15)11(5)17/h3*2H,13-15H2,1H3;2H,12-15H2,1H3;2,17H,12-14H2,1H3;2,16H,12-14H2,1H3. The predicted octanol–water partition coefficient (Wildman–Crippen LogP) is 6.15. The summed E-state index contributed by atoms with van der Waals surface area (Å²) < 4.78 is 0. The Balaban J connectivity index is 0.000000172. The molecule has 0 bridgehead atoms. The molecule has 12 rings (SSSR count). The van der Waals surface area contributed by atoms with Crippen molar-refractivity contribution in [3.05, 3.63) is 192 Å². The van der Waals surface area contributed by atoms with Crippen LogP contribution in [0.15, 0.2) is 91.4 Å². The molecule has 36 heteroatoms. The van der Waals surface area contributed by atoms with E-state index in [0.717, 1.165) is 16.7 Å². The number of nitrogens with two attached hydrogens (primary N) is 19. The number of thiol groups is 2. The third-order valence-electron chi connectivity index (χ3n) is 16.6. The van der Waals surface area contributed by atoms with Crippen molar-refractivity contribution in [1.82, 2.24) is 0 Å². The van der Waals surface area contributed by atoms with Crippen LogP contribution in [0, 0.1) is 41.5 Å². The van der Waals surface area contributed by atoms with E-state index in [-0.39, 0.29) is 118 Å². The van der Waals surface area contributed by atoms with Crippen molar-refractivity contribution in [2.75, 3.05) is 68.8 Å². The Kier molecular flexibility index (Phi) is 22.7. The zero-order chi connectivity index (χ0) is 77.4. The number of fused-ring (bicyclic) bond motifs is 6. The molecule has 0 amide bonds. The number of hydrogen-bond donors (Lipinski definition) is 21. The van der Waals surface area contributed by atoms with E-state index in [9.17, 15) is 33.6 Å². The molecule has 0 radical (unpaired) electrons. The Morgan fingerprint density at radius 1 is 0.235 bits per heavy atom. The Morgan fingerprint density at radius 2 is 0.480 bits per heavy atom. The number of halogens is 3. The lowest BCUT2D eigenvalue weighted by Crippen LogP contribution is -2.31. The predicted molar refractivity (Wildman–Crippen MR) is 437 cm³/mol. The van der Waals surface area contributed by atoms with Crippen LogP contribution in [0.1, 0.15) is 124 Å². The van der Waals surface area contributed by atoms with Crippen LogP contribution >= 0.6 is 121 Å². The number of ketones is 7. The molecule has 528 valence electrons. The first-order valence-electron chi connectivity index (χ1n) is 28.9. The Morgan fingerprint density at radius 3 is 0.863 bits per heavy atom. The van der Waals surface area contributed by atoms with Gasteiger partial charge in [0.05, 0.1) is 85.7 Å². The van der Waals surface area contributed by atoms with Crippen LogP contribution in [-0.4, -0.2) is 64.8 Å². The topological polar surface area (TPSA) is 614 Å². The first-order valence-corrected chi connectivity index (χ1v) is 33.0. The van der Waals surface area contributed by atoms with Crippen LogP contribution in [0.5, 0.6) is 0 Å². The summed E-state index contributed by atoms with van der Waals surface area (Å²) >= 11 is 51.6. The van der Waals surface area contributed by atoms with E-state index in [1.54, 1.807) is 71.0 Å². The van der Waals surface area contributed by atoms with E-state index in [2.05, 4.69) is 25.3 Å². The maximum atomic E-state index is 12.0. The maximum Gasteiger partial charge on any atom is 0.250 e. The number of Topliss-reactive ketones (excluding diaryl/α,β-unsaturated/α-hetero) is 7. The number of allylic oxidation sites excluding steroid dienone is 10. The number of anilines is 12. The number of carbonyl (C=O) groups excluding carboxylic acids is 7. The highest BCUT2D eigenvalue weighted by Gasteiger charge is 2.38. The van der Waals surface area contributed by atoms with Gasteiger partial charge in [0.25, 0.3) is 0 Å². The summed E-state index contributed by atoms with van der Waals surface area (Å²) in [7, 11) is 0. The van der Waals surface area contributed by atoms with Gasteiger partial charge in [0.1, 0.15) is 21.5 Å². The summed E-state index contributed by atoms with van der Waals surface area (Å²) in [6.45, 7) is 10.7. The third-order valence-corrected chi connectivity index (χ3v) is 20.9. The fourth-order valence-electron chi connectivity index (χ4n) is 10.9. The first kappa shape index (κ1) is 79.0. The van der Waals surface area contributed by atoms with Crippen LogP contribution < -0.4 is 109 Å². The largest absolute Gasteiger partial charge is 0.398 e. The zero-order valence-electron chi connectivity index (χ0n) is 54.4. The summed E-state index contributed by atoms with van der Waals surface area (Å²) in [5, 5.41) is -0.135. The molecular weight excluding hydrogens is 1500 g/mol. The monoisotopic (exact) mass is 1560 g/mol. The molecule has 0 atom stereocenters. The second kappa shape index (κ2) is 29.3. The van der Waals surface area contributed by atoms with E-state index < -0.39 is 40.5 Å². The Hall–Kier alpha value is -10.3. The van der Waals surface area contributed by atoms with E-state index in [1.807, 2.05) is 6.92 Å². The molecule has 6 aliphatic carbocycles. The zero-order valence-corrected chi connectivity index (χ0v) is 62.5. The lowest BCUT2D eigenvalue weighted by Gasteiger charge is -2.22. The summed E-state index contributed by atoms with van der Waals surface area (Å²) in [4.78, 5) is 85.0. The number of nitrogen functional groups attached to an aromatic ring is 12. The summed E-state index contributed by atoms with van der Waals surface area (Å²) in [6, 6.07) is 9.84. The maximum absolute atomic E-state index is 12.0. The highest BCUT2D eigenvalue weighted by Crippen LogP contribution is 2.43. The lowest BCUT2D eigenvalue weighted by molar-refractivity contribution is -0.112. The summed E-state index contributed by atoms with van der Waals surface area (Å²) in [5.74, 6) is -3.66. The number of thiocarbonyl (C=S) groups is 5. The molecule has 0 spiro atoms. The number of rotatable bonds is 0. The van der Waals surface area contributed by atoms with Gasteiger partial charge in [-0.15, -0.1) is 25.3 Å². The smallest absolute Gasteiger partial charge is 0.250 e. The minimum atomic E-state index is -0.794. The Labute approximate surface area is 634 Å². The average Bonchev–Trinajstić information content (AvgIpc) is 0.798. The molecule has 6 aromatic carbocycles. The van der Waals surface area contributed by atoms with Gasteiger partial charge in [-0.3, -0.25) is 33.6 Å². The number of aryl methyl sites for hydroxylation is 6. The van der Waals surface area contributed by atoms with Gasteiger partial charge in [-0.05, 0) is 111 Å². The van der Waals surface area contributed by atoms with Crippen LogP contribution in [0.2, 0.25) is 0 Å².